The first-order valence-corrected chi connectivity index (χ1v) is 3.52. The van der Waals surface area contributed by atoms with Crippen molar-refractivity contribution in [2.45, 2.75) is 13.0 Å². The van der Waals surface area contributed by atoms with Gasteiger partial charge < -0.3 is 5.11 Å². The van der Waals surface area contributed by atoms with Crippen LogP contribution < -0.4 is 0 Å². The van der Waals surface area contributed by atoms with E-state index in [1.807, 2.05) is 0 Å². The average molecular weight is 179 g/mol. The van der Waals surface area contributed by atoms with Gasteiger partial charge in [0.2, 0.25) is 6.04 Å². The Morgan fingerprint density at radius 2 is 1.91 bits per heavy atom. The molecule has 11 heavy (non-hydrogen) atoms. The highest BCUT2D eigenvalue weighted by Gasteiger charge is 2.21. The van der Waals surface area contributed by atoms with Crippen molar-refractivity contribution in [2.24, 2.45) is 4.36 Å². The second kappa shape index (κ2) is 3.81. The van der Waals surface area contributed by atoms with E-state index in [2.05, 4.69) is 4.36 Å². The molecule has 0 bridgehead atoms. The minimum atomic E-state index is -2.86. The summed E-state index contributed by atoms with van der Waals surface area (Å²) in [5, 5.41) is 8.20. The average Bonchev–Trinajstić information content (AvgIpc) is 1.81. The number of carbonyl (C=O) groups excluding carboxylic acids is 1. The lowest BCUT2D eigenvalue weighted by Gasteiger charge is -1.96. The highest BCUT2D eigenvalue weighted by molar-refractivity contribution is 7.61. The van der Waals surface area contributed by atoms with Gasteiger partial charge in [0.15, 0.2) is 5.78 Å². The molecule has 6 nitrogen and oxygen atoms in total. The second-order valence-corrected chi connectivity index (χ2v) is 2.32. The molecule has 0 aromatic rings. The Hall–Kier alpha value is -1.24. The minimum absolute atomic E-state index is 0.818. The SMILES string of the molecule is CC(=O)C(N=S(=O)=O)C(=O)O. The molecule has 0 aromatic carbocycles. The molecule has 62 valence electrons. The molecule has 0 aromatic heterocycles. The maximum absolute atomic E-state index is 10.4. The van der Waals surface area contributed by atoms with Gasteiger partial charge >= 0.3 is 16.5 Å². The second-order valence-electron chi connectivity index (χ2n) is 1.67. The number of ketones is 1. The van der Waals surface area contributed by atoms with E-state index in [0.717, 1.165) is 6.92 Å². The van der Waals surface area contributed by atoms with Crippen LogP contribution in [0, 0.1) is 0 Å². The standard InChI is InChI=1S/C4H5NO5S/c1-2(6)3(4(7)8)5-11(9)10/h3H,1H3,(H,7,8). The van der Waals surface area contributed by atoms with Crippen LogP contribution in [0.15, 0.2) is 4.36 Å². The molecule has 0 fully saturated rings. The van der Waals surface area contributed by atoms with Gasteiger partial charge in [-0.2, -0.15) is 8.42 Å². The summed E-state index contributed by atoms with van der Waals surface area (Å²) in [7, 11) is -2.86. The molecule has 0 saturated carbocycles. The fourth-order valence-corrected chi connectivity index (χ4v) is 0.790. The summed E-state index contributed by atoms with van der Waals surface area (Å²) >= 11 is 0. The van der Waals surface area contributed by atoms with E-state index in [4.69, 9.17) is 5.11 Å². The first-order chi connectivity index (χ1) is 4.95. The molecule has 1 atom stereocenters. The fourth-order valence-electron chi connectivity index (χ4n) is 0.379. The third-order valence-electron chi connectivity index (χ3n) is 0.810. The van der Waals surface area contributed by atoms with Crippen LogP contribution in [0.1, 0.15) is 6.92 Å². The molecule has 0 aliphatic heterocycles. The summed E-state index contributed by atoms with van der Waals surface area (Å²) in [6.07, 6.45) is 0. The van der Waals surface area contributed by atoms with Crippen LogP contribution in [0.2, 0.25) is 0 Å². The molecule has 0 radical (unpaired) electrons. The Balaban J connectivity index is 4.78. The van der Waals surface area contributed by atoms with Crippen molar-refractivity contribution in [1.82, 2.24) is 0 Å². The van der Waals surface area contributed by atoms with Crippen molar-refractivity contribution in [3.63, 3.8) is 0 Å². The van der Waals surface area contributed by atoms with E-state index < -0.39 is 28.3 Å². The summed E-state index contributed by atoms with van der Waals surface area (Å²) in [4.78, 5) is 20.5. The summed E-state index contributed by atoms with van der Waals surface area (Å²) in [5.74, 6) is -2.39. The molecular weight excluding hydrogens is 174 g/mol. The molecule has 0 heterocycles. The van der Waals surface area contributed by atoms with Crippen LogP contribution in [-0.2, 0) is 20.1 Å². The first kappa shape index (κ1) is 9.76. The number of rotatable bonds is 3. The number of hydrogen-bond donors (Lipinski definition) is 1. The lowest BCUT2D eigenvalue weighted by Crippen LogP contribution is -2.25. The molecule has 1 unspecified atom stereocenters. The van der Waals surface area contributed by atoms with Gasteiger partial charge in [0.25, 0.3) is 0 Å². The normalized spacial score (nSPS) is 11.7. The molecule has 0 saturated heterocycles. The van der Waals surface area contributed by atoms with Crippen LogP contribution in [0.25, 0.3) is 0 Å². The van der Waals surface area contributed by atoms with Gasteiger partial charge in [-0.25, -0.2) is 4.79 Å². The number of aliphatic carboxylic acids is 1. The van der Waals surface area contributed by atoms with Crippen molar-refractivity contribution in [3.8, 4) is 0 Å². The van der Waals surface area contributed by atoms with E-state index in [1.54, 1.807) is 0 Å². The first-order valence-electron chi connectivity index (χ1n) is 2.48. The highest BCUT2D eigenvalue weighted by Crippen LogP contribution is 1.92. The van der Waals surface area contributed by atoms with Crippen LogP contribution in [0.4, 0.5) is 0 Å². The van der Waals surface area contributed by atoms with Crippen molar-refractivity contribution >= 4 is 22.3 Å². The number of nitrogens with zero attached hydrogens (tertiary/aromatic N) is 1. The van der Waals surface area contributed by atoms with Crippen LogP contribution in [0.3, 0.4) is 0 Å². The smallest absolute Gasteiger partial charge is 0.337 e. The molecule has 0 aliphatic carbocycles. The van der Waals surface area contributed by atoms with Crippen molar-refractivity contribution < 1.29 is 23.1 Å². The monoisotopic (exact) mass is 179 g/mol. The Labute approximate surface area is 63.5 Å². The van der Waals surface area contributed by atoms with Crippen molar-refractivity contribution in [2.75, 3.05) is 0 Å². The van der Waals surface area contributed by atoms with Crippen LogP contribution in [-0.4, -0.2) is 31.3 Å². The molecule has 7 heteroatoms. The van der Waals surface area contributed by atoms with E-state index in [9.17, 15) is 18.0 Å². The number of hydrogen-bond acceptors (Lipinski definition) is 5. The number of carbonyl (C=O) groups is 2. The van der Waals surface area contributed by atoms with Gasteiger partial charge in [-0.15, -0.1) is 4.36 Å². The van der Waals surface area contributed by atoms with Gasteiger partial charge in [-0.3, -0.25) is 4.79 Å². The number of carboxylic acid groups (broad SMARTS) is 1. The third kappa shape index (κ3) is 3.46. The van der Waals surface area contributed by atoms with Crippen molar-refractivity contribution in [1.29, 1.82) is 0 Å². The Bertz CT molecular complexity index is 280. The predicted octanol–water partition coefficient (Wildman–Crippen LogP) is -0.909. The van der Waals surface area contributed by atoms with Crippen molar-refractivity contribution in [3.05, 3.63) is 0 Å². The quantitative estimate of drug-likeness (QED) is 0.565. The van der Waals surface area contributed by atoms with Gasteiger partial charge in [-0.05, 0) is 6.92 Å². The lowest BCUT2D eigenvalue weighted by atomic mass is 10.2. The van der Waals surface area contributed by atoms with Gasteiger partial charge in [-0.1, -0.05) is 0 Å². The maximum atomic E-state index is 10.4. The third-order valence-corrected chi connectivity index (χ3v) is 1.19. The topological polar surface area (TPSA) is 101 Å². The molecule has 0 spiro atoms. The Morgan fingerprint density at radius 1 is 1.45 bits per heavy atom. The predicted molar refractivity (Wildman–Crippen MR) is 33.5 cm³/mol. The zero-order chi connectivity index (χ0) is 9.02. The van der Waals surface area contributed by atoms with E-state index in [1.165, 1.54) is 0 Å². The summed E-state index contributed by atoms with van der Waals surface area (Å²) in [6.45, 7) is 0.954. The largest absolute Gasteiger partial charge is 0.479 e. The molecule has 0 rings (SSSR count). The number of Topliss-reactive ketones (excluding diaryl/α,β-unsaturated/α-hetero) is 1. The highest BCUT2D eigenvalue weighted by atomic mass is 32.2. The van der Waals surface area contributed by atoms with Crippen LogP contribution >= 0.6 is 0 Å². The number of carboxylic acids is 1. The van der Waals surface area contributed by atoms with E-state index >= 15 is 0 Å². The molecular formula is C4H5NO5S. The Morgan fingerprint density at radius 3 is 2.00 bits per heavy atom. The minimum Gasteiger partial charge on any atom is -0.479 e. The summed E-state index contributed by atoms with van der Waals surface area (Å²) in [6, 6.07) is -1.80. The molecule has 0 aliphatic rings. The molecule has 0 amide bonds. The van der Waals surface area contributed by atoms with Gasteiger partial charge in [0.1, 0.15) is 0 Å². The Kier molecular flexibility index (Phi) is 3.38. The zero-order valence-electron chi connectivity index (χ0n) is 5.51. The van der Waals surface area contributed by atoms with Crippen LogP contribution in [0.5, 0.6) is 0 Å². The van der Waals surface area contributed by atoms with E-state index in [-0.39, 0.29) is 0 Å². The summed E-state index contributed by atoms with van der Waals surface area (Å²) < 4.78 is 22.3. The van der Waals surface area contributed by atoms with Gasteiger partial charge in [0, 0.05) is 0 Å². The molecule has 1 N–H and O–H groups in total. The van der Waals surface area contributed by atoms with E-state index in [0.29, 0.717) is 0 Å². The zero-order valence-corrected chi connectivity index (χ0v) is 6.33. The maximum Gasteiger partial charge on any atom is 0.337 e. The van der Waals surface area contributed by atoms with Gasteiger partial charge in [0.05, 0.1) is 0 Å². The lowest BCUT2D eigenvalue weighted by molar-refractivity contribution is -0.141. The summed E-state index contributed by atoms with van der Waals surface area (Å²) in [5.41, 5.74) is 0. The fraction of sp³-hybridized carbons (Fsp3) is 0.500.